The lowest BCUT2D eigenvalue weighted by molar-refractivity contribution is 0.102. The van der Waals surface area contributed by atoms with Gasteiger partial charge in [-0.05, 0) is 30.7 Å². The predicted molar refractivity (Wildman–Crippen MR) is 108 cm³/mol. The Balaban J connectivity index is 1.57. The third-order valence-corrected chi connectivity index (χ3v) is 4.87. The van der Waals surface area contributed by atoms with Gasteiger partial charge in [0.25, 0.3) is 18.8 Å². The third kappa shape index (κ3) is 4.42. The molecule has 0 unspecified atom stereocenters. The molecular weight excluding hydrogens is 452 g/mol. The smallest absolute Gasteiger partial charge is 0.280 e. The molecule has 0 radical (unpaired) electrons. The summed E-state index contributed by atoms with van der Waals surface area (Å²) < 4.78 is 54.9. The molecule has 4 rings (SSSR count). The molecule has 0 saturated heterocycles. The Morgan fingerprint density at radius 2 is 1.78 bits per heavy atom. The van der Waals surface area contributed by atoms with Gasteiger partial charge in [-0.15, -0.1) is 0 Å². The maximum Gasteiger partial charge on any atom is 0.280 e. The molecule has 12 heteroatoms. The van der Waals surface area contributed by atoms with Crippen molar-refractivity contribution < 1.29 is 22.4 Å². The molecule has 3 aromatic heterocycles. The summed E-state index contributed by atoms with van der Waals surface area (Å²) in [6, 6.07) is 10.5. The lowest BCUT2D eigenvalue weighted by atomic mass is 10.2. The molecule has 4 aromatic rings. The van der Waals surface area contributed by atoms with Gasteiger partial charge in [0.2, 0.25) is 0 Å². The van der Waals surface area contributed by atoms with E-state index in [1.54, 1.807) is 29.8 Å². The van der Waals surface area contributed by atoms with Gasteiger partial charge in [-0.1, -0.05) is 23.7 Å². The van der Waals surface area contributed by atoms with E-state index < -0.39 is 30.1 Å². The van der Waals surface area contributed by atoms with Crippen molar-refractivity contribution in [2.75, 3.05) is 5.32 Å². The quantitative estimate of drug-likeness (QED) is 0.403. The van der Waals surface area contributed by atoms with Crippen molar-refractivity contribution in [3.8, 4) is 0 Å². The zero-order valence-corrected chi connectivity index (χ0v) is 17.2. The number of nitrogens with one attached hydrogen (secondary N) is 1. The molecule has 1 aromatic carbocycles. The summed E-state index contributed by atoms with van der Waals surface area (Å²) in [7, 11) is 0. The minimum Gasteiger partial charge on any atom is -0.304 e. The van der Waals surface area contributed by atoms with E-state index in [1.807, 2.05) is 12.1 Å². The standard InChI is InChI=1S/C20H15ClF4N6O/c1-10-6-16(29-30(10)9-11-2-4-12(21)5-3-11)27-20(32)14-8-17-26-13(18(22)23)7-15(19(24)25)31(17)28-14/h2-8,18-19H,9H2,1H3,(H,27,29,32). The molecule has 0 fully saturated rings. The number of rotatable bonds is 6. The van der Waals surface area contributed by atoms with Crippen molar-refractivity contribution in [2.24, 2.45) is 0 Å². The first-order valence-electron chi connectivity index (χ1n) is 9.28. The second kappa shape index (κ2) is 8.58. The lowest BCUT2D eigenvalue weighted by Gasteiger charge is -2.06. The van der Waals surface area contributed by atoms with Crippen molar-refractivity contribution >= 4 is 29.0 Å². The summed E-state index contributed by atoms with van der Waals surface area (Å²) in [6.45, 7) is 2.24. The SMILES string of the molecule is Cc1cc(NC(=O)c2cc3nc(C(F)F)cc(C(F)F)n3n2)nn1Cc1ccc(Cl)cc1. The van der Waals surface area contributed by atoms with Crippen LogP contribution in [0.4, 0.5) is 23.4 Å². The van der Waals surface area contributed by atoms with E-state index in [0.717, 1.165) is 17.3 Å². The minimum atomic E-state index is -3.08. The largest absolute Gasteiger partial charge is 0.304 e. The topological polar surface area (TPSA) is 77.1 Å². The molecule has 32 heavy (non-hydrogen) atoms. The maximum atomic E-state index is 13.3. The van der Waals surface area contributed by atoms with Crippen molar-refractivity contribution in [1.82, 2.24) is 24.4 Å². The first-order chi connectivity index (χ1) is 15.2. The predicted octanol–water partition coefficient (Wildman–Crippen LogP) is 5.06. The van der Waals surface area contributed by atoms with Crippen molar-refractivity contribution in [3.63, 3.8) is 0 Å². The van der Waals surface area contributed by atoms with Gasteiger partial charge >= 0.3 is 0 Å². The van der Waals surface area contributed by atoms with Crippen LogP contribution in [0.3, 0.4) is 0 Å². The average molecular weight is 467 g/mol. The van der Waals surface area contributed by atoms with Gasteiger partial charge in [0.1, 0.15) is 11.4 Å². The number of alkyl halides is 4. The second-order valence-electron chi connectivity index (χ2n) is 6.92. The number of halogens is 5. The number of aromatic nitrogens is 5. The van der Waals surface area contributed by atoms with Gasteiger partial charge < -0.3 is 5.32 Å². The summed E-state index contributed by atoms with van der Waals surface area (Å²) >= 11 is 5.89. The van der Waals surface area contributed by atoms with Crippen LogP contribution in [0.25, 0.3) is 5.65 Å². The maximum absolute atomic E-state index is 13.3. The van der Waals surface area contributed by atoms with Crippen LogP contribution in [0.5, 0.6) is 0 Å². The fourth-order valence-electron chi connectivity index (χ4n) is 3.07. The normalized spacial score (nSPS) is 11.6. The van der Waals surface area contributed by atoms with Gasteiger partial charge in [-0.3, -0.25) is 9.48 Å². The Hall–Kier alpha value is -3.47. The third-order valence-electron chi connectivity index (χ3n) is 4.62. The molecule has 1 N–H and O–H groups in total. The van der Waals surface area contributed by atoms with Crippen molar-refractivity contribution in [1.29, 1.82) is 0 Å². The Bertz CT molecular complexity index is 1290. The number of anilines is 1. The van der Waals surface area contributed by atoms with Crippen LogP contribution in [0, 0.1) is 6.92 Å². The number of carbonyl (C=O) groups is 1. The molecule has 0 saturated carbocycles. The van der Waals surface area contributed by atoms with Gasteiger partial charge in [-0.25, -0.2) is 27.1 Å². The lowest BCUT2D eigenvalue weighted by Crippen LogP contribution is -2.14. The van der Waals surface area contributed by atoms with Gasteiger partial charge in [-0.2, -0.15) is 10.2 Å². The van der Waals surface area contributed by atoms with Crippen molar-refractivity contribution in [3.05, 3.63) is 75.8 Å². The van der Waals surface area contributed by atoms with E-state index in [0.29, 0.717) is 22.1 Å². The van der Waals surface area contributed by atoms with Crippen LogP contribution < -0.4 is 5.32 Å². The monoisotopic (exact) mass is 466 g/mol. The van der Waals surface area contributed by atoms with Crippen LogP contribution in [-0.2, 0) is 6.54 Å². The Morgan fingerprint density at radius 1 is 1.06 bits per heavy atom. The number of nitrogens with zero attached hydrogens (tertiary/aromatic N) is 5. The molecule has 0 atom stereocenters. The molecule has 1 amide bonds. The van der Waals surface area contributed by atoms with E-state index in [-0.39, 0.29) is 17.2 Å². The van der Waals surface area contributed by atoms with Crippen LogP contribution in [-0.4, -0.2) is 30.3 Å². The van der Waals surface area contributed by atoms with E-state index in [9.17, 15) is 22.4 Å². The summed E-state index contributed by atoms with van der Waals surface area (Å²) in [4.78, 5) is 16.2. The summed E-state index contributed by atoms with van der Waals surface area (Å²) in [5.41, 5.74) is -0.458. The molecular formula is C20H15ClF4N6O. The number of carbonyl (C=O) groups excluding carboxylic acids is 1. The number of amides is 1. The van der Waals surface area contributed by atoms with Crippen LogP contribution in [0.15, 0.2) is 42.5 Å². The van der Waals surface area contributed by atoms with Crippen molar-refractivity contribution in [2.45, 2.75) is 26.3 Å². The zero-order valence-electron chi connectivity index (χ0n) is 16.4. The first-order valence-corrected chi connectivity index (χ1v) is 9.66. The number of benzene rings is 1. The minimum absolute atomic E-state index is 0.217. The Morgan fingerprint density at radius 3 is 2.44 bits per heavy atom. The highest BCUT2D eigenvalue weighted by atomic mass is 35.5. The average Bonchev–Trinajstić information content (AvgIpc) is 3.32. The molecule has 0 bridgehead atoms. The van der Waals surface area contributed by atoms with Gasteiger partial charge in [0.15, 0.2) is 17.2 Å². The number of hydrogen-bond donors (Lipinski definition) is 1. The molecule has 0 aliphatic rings. The number of fused-ring (bicyclic) bond motifs is 1. The van der Waals surface area contributed by atoms with Gasteiger partial charge in [0, 0.05) is 22.8 Å². The van der Waals surface area contributed by atoms with Crippen LogP contribution in [0.1, 0.15) is 46.0 Å². The molecule has 3 heterocycles. The molecule has 0 aliphatic carbocycles. The number of aryl methyl sites for hydroxylation is 1. The molecule has 7 nitrogen and oxygen atoms in total. The highest BCUT2D eigenvalue weighted by Crippen LogP contribution is 2.25. The Labute approximate surface area is 183 Å². The van der Waals surface area contributed by atoms with E-state index in [4.69, 9.17) is 11.6 Å². The molecule has 166 valence electrons. The second-order valence-corrected chi connectivity index (χ2v) is 7.35. The van der Waals surface area contributed by atoms with Crippen LogP contribution in [0.2, 0.25) is 5.02 Å². The summed E-state index contributed by atoms with van der Waals surface area (Å²) in [5, 5.41) is 11.3. The Kier molecular flexibility index (Phi) is 5.83. The zero-order chi connectivity index (χ0) is 23.0. The summed E-state index contributed by atoms with van der Waals surface area (Å²) in [5.74, 6) is -0.528. The van der Waals surface area contributed by atoms with Gasteiger partial charge in [0.05, 0.1) is 6.54 Å². The highest BCUT2D eigenvalue weighted by Gasteiger charge is 2.22. The van der Waals surface area contributed by atoms with E-state index in [2.05, 4.69) is 20.5 Å². The highest BCUT2D eigenvalue weighted by molar-refractivity contribution is 6.30. The molecule has 0 spiro atoms. The summed E-state index contributed by atoms with van der Waals surface area (Å²) in [6.07, 6.45) is -6.13. The van der Waals surface area contributed by atoms with Crippen LogP contribution >= 0.6 is 11.6 Å². The van der Waals surface area contributed by atoms with E-state index >= 15 is 0 Å². The first kappa shape index (κ1) is 21.8. The molecule has 0 aliphatic heterocycles. The fourth-order valence-corrected chi connectivity index (χ4v) is 3.20. The fraction of sp³-hybridized carbons (Fsp3) is 0.200. The number of hydrogen-bond acceptors (Lipinski definition) is 4. The van der Waals surface area contributed by atoms with E-state index in [1.165, 1.54) is 0 Å².